The molecule has 5 aromatic rings. The molecule has 1 N–H and O–H groups in total. The molecule has 4 heteroatoms. The molecule has 162 valence electrons. The number of rotatable bonds is 5. The van der Waals surface area contributed by atoms with E-state index in [4.69, 9.17) is 23.2 Å². The monoisotopic (exact) mass is 468 g/mol. The second-order valence-electron chi connectivity index (χ2n) is 7.79. The first-order valence-electron chi connectivity index (χ1n) is 10.7. The number of nitrogens with zero attached hydrogens (tertiary/aromatic N) is 1. The molecule has 0 amide bonds. The largest absolute Gasteiger partial charge is 0.354 e. The Morgan fingerprint density at radius 2 is 1.67 bits per heavy atom. The van der Waals surface area contributed by atoms with Crippen LogP contribution in [-0.4, -0.2) is 4.57 Å². The maximum Gasteiger partial charge on any atom is 0.0648 e. The second-order valence-corrected chi connectivity index (χ2v) is 8.61. The van der Waals surface area contributed by atoms with Gasteiger partial charge in [-0.1, -0.05) is 78.3 Å². The number of benzene rings is 4. The molecule has 2 nitrogen and oxygen atoms in total. The van der Waals surface area contributed by atoms with E-state index in [1.54, 1.807) is 6.08 Å². The van der Waals surface area contributed by atoms with Crippen molar-refractivity contribution in [3.8, 4) is 5.69 Å². The van der Waals surface area contributed by atoms with Crippen LogP contribution in [0.1, 0.15) is 6.92 Å². The summed E-state index contributed by atoms with van der Waals surface area (Å²) < 4.78 is 2.24. The third-order valence-corrected chi connectivity index (χ3v) is 6.48. The van der Waals surface area contributed by atoms with Gasteiger partial charge in [0.15, 0.2) is 0 Å². The molecule has 0 saturated carbocycles. The average Bonchev–Trinajstić information content (AvgIpc) is 3.16. The topological polar surface area (TPSA) is 17.0 Å². The number of para-hydroxylation sites is 2. The van der Waals surface area contributed by atoms with Gasteiger partial charge in [0.25, 0.3) is 0 Å². The van der Waals surface area contributed by atoms with Crippen molar-refractivity contribution in [2.24, 2.45) is 0 Å². The molecule has 0 aliphatic carbocycles. The Morgan fingerprint density at radius 1 is 0.879 bits per heavy atom. The van der Waals surface area contributed by atoms with Gasteiger partial charge in [-0.3, -0.25) is 0 Å². The molecule has 0 saturated heterocycles. The lowest BCUT2D eigenvalue weighted by Gasteiger charge is -2.14. The highest BCUT2D eigenvalue weighted by Gasteiger charge is 2.16. The second kappa shape index (κ2) is 8.82. The minimum Gasteiger partial charge on any atom is -0.354 e. The average molecular weight is 469 g/mol. The molecule has 0 unspecified atom stereocenters. The Kier molecular flexibility index (Phi) is 5.72. The molecule has 4 aromatic carbocycles. The van der Waals surface area contributed by atoms with Crippen molar-refractivity contribution in [2.45, 2.75) is 6.92 Å². The van der Waals surface area contributed by atoms with Gasteiger partial charge < -0.3 is 9.88 Å². The van der Waals surface area contributed by atoms with Crippen LogP contribution in [0.4, 0.5) is 5.69 Å². The lowest BCUT2D eigenvalue weighted by molar-refractivity contribution is 1.18. The number of allylic oxidation sites excluding steroid dienone is 4. The van der Waals surface area contributed by atoms with Gasteiger partial charge in [0.1, 0.15) is 0 Å². The zero-order valence-corrected chi connectivity index (χ0v) is 19.7. The van der Waals surface area contributed by atoms with E-state index in [0.29, 0.717) is 10.1 Å². The third kappa shape index (κ3) is 3.72. The van der Waals surface area contributed by atoms with Crippen molar-refractivity contribution in [1.29, 1.82) is 0 Å². The predicted octanol–water partition coefficient (Wildman–Crippen LogP) is 9.21. The van der Waals surface area contributed by atoms with Gasteiger partial charge in [-0.25, -0.2) is 0 Å². The van der Waals surface area contributed by atoms with Crippen LogP contribution in [0, 0.1) is 0 Å². The first kappa shape index (κ1) is 21.4. The van der Waals surface area contributed by atoms with Crippen LogP contribution in [0.25, 0.3) is 38.3 Å². The number of aromatic nitrogens is 1. The molecule has 0 bridgehead atoms. The zero-order valence-electron chi connectivity index (χ0n) is 18.1. The molecule has 1 aromatic heterocycles. The molecule has 0 aliphatic heterocycles. The van der Waals surface area contributed by atoms with Crippen molar-refractivity contribution in [1.82, 2.24) is 4.57 Å². The Labute approximate surface area is 203 Å². The SMILES string of the molecule is C=C/C(Cl)=C(\C=C/C)Nc1cccc2cc3c4ccccc4n(-c4ccccc4Cl)c3cc12. The summed E-state index contributed by atoms with van der Waals surface area (Å²) in [5.41, 5.74) is 4.94. The first-order chi connectivity index (χ1) is 16.1. The Morgan fingerprint density at radius 3 is 2.45 bits per heavy atom. The van der Waals surface area contributed by atoms with Gasteiger partial charge >= 0.3 is 0 Å². The van der Waals surface area contributed by atoms with Crippen LogP contribution < -0.4 is 5.32 Å². The Bertz CT molecular complexity index is 1590. The molecule has 1 heterocycles. The van der Waals surface area contributed by atoms with Crippen LogP contribution in [0.15, 0.2) is 114 Å². The first-order valence-corrected chi connectivity index (χ1v) is 11.5. The van der Waals surface area contributed by atoms with Crippen LogP contribution in [0.3, 0.4) is 0 Å². The fourth-order valence-electron chi connectivity index (χ4n) is 4.35. The number of hydrogen-bond acceptors (Lipinski definition) is 1. The smallest absolute Gasteiger partial charge is 0.0648 e. The lowest BCUT2D eigenvalue weighted by Crippen LogP contribution is -2.00. The predicted molar refractivity (Wildman–Crippen MR) is 145 cm³/mol. The van der Waals surface area contributed by atoms with Gasteiger partial charge in [-0.2, -0.15) is 0 Å². The summed E-state index contributed by atoms with van der Waals surface area (Å²) in [6, 6.07) is 27.1. The fourth-order valence-corrected chi connectivity index (χ4v) is 4.68. The van der Waals surface area contributed by atoms with E-state index < -0.39 is 0 Å². The van der Waals surface area contributed by atoms with Crippen molar-refractivity contribution in [3.63, 3.8) is 0 Å². The van der Waals surface area contributed by atoms with Gasteiger partial charge in [0.2, 0.25) is 0 Å². The minimum atomic E-state index is 0.566. The summed E-state index contributed by atoms with van der Waals surface area (Å²) in [5, 5.41) is 9.39. The van der Waals surface area contributed by atoms with E-state index in [1.807, 2.05) is 37.3 Å². The molecule has 0 spiro atoms. The van der Waals surface area contributed by atoms with Crippen molar-refractivity contribution in [3.05, 3.63) is 119 Å². The molecule has 0 radical (unpaired) electrons. The third-order valence-electron chi connectivity index (χ3n) is 5.81. The normalized spacial score (nSPS) is 12.6. The van der Waals surface area contributed by atoms with E-state index in [-0.39, 0.29) is 0 Å². The van der Waals surface area contributed by atoms with E-state index in [0.717, 1.165) is 38.9 Å². The summed E-state index contributed by atoms with van der Waals surface area (Å²) in [4.78, 5) is 0. The van der Waals surface area contributed by atoms with Crippen LogP contribution >= 0.6 is 23.2 Å². The molecule has 0 fully saturated rings. The van der Waals surface area contributed by atoms with E-state index in [1.165, 1.54) is 10.8 Å². The number of halogens is 2. The summed E-state index contributed by atoms with van der Waals surface area (Å²) >= 11 is 13.1. The molecular weight excluding hydrogens is 447 g/mol. The molecule has 5 rings (SSSR count). The highest BCUT2D eigenvalue weighted by molar-refractivity contribution is 6.33. The quantitative estimate of drug-likeness (QED) is 0.254. The summed E-state index contributed by atoms with van der Waals surface area (Å²) in [6.07, 6.45) is 5.54. The minimum absolute atomic E-state index is 0.566. The van der Waals surface area contributed by atoms with E-state index in [2.05, 4.69) is 77.1 Å². The fraction of sp³-hybridized carbons (Fsp3) is 0.0345. The lowest BCUT2D eigenvalue weighted by atomic mass is 10.0. The number of anilines is 1. The van der Waals surface area contributed by atoms with E-state index in [9.17, 15) is 0 Å². The number of hydrogen-bond donors (Lipinski definition) is 1. The van der Waals surface area contributed by atoms with Gasteiger partial charge in [0.05, 0.1) is 32.5 Å². The maximum absolute atomic E-state index is 6.65. The summed E-state index contributed by atoms with van der Waals surface area (Å²) in [6.45, 7) is 5.77. The molecular formula is C29H22Cl2N2. The Hall–Kier alpha value is -3.46. The highest BCUT2D eigenvalue weighted by atomic mass is 35.5. The zero-order chi connectivity index (χ0) is 22.9. The molecule has 0 atom stereocenters. The van der Waals surface area contributed by atoms with Gasteiger partial charge in [-0.15, -0.1) is 0 Å². The van der Waals surface area contributed by atoms with Crippen molar-refractivity contribution >= 4 is 61.5 Å². The molecule has 0 aliphatic rings. The standard InChI is InChI=1S/C29H22Cl2N2/c1-3-10-26(23(30)4-2)32-25-14-9-11-19-17-22-20-12-5-7-15-27(20)33(29(22)18-21(19)25)28-16-8-6-13-24(28)31/h3-18,32H,2H2,1H3/b10-3-,26-23-. The number of nitrogens with one attached hydrogen (secondary N) is 1. The summed E-state index contributed by atoms with van der Waals surface area (Å²) in [7, 11) is 0. The molecule has 33 heavy (non-hydrogen) atoms. The maximum atomic E-state index is 6.65. The van der Waals surface area contributed by atoms with Gasteiger partial charge in [0, 0.05) is 21.8 Å². The Balaban J connectivity index is 1.84. The van der Waals surface area contributed by atoms with Crippen molar-refractivity contribution in [2.75, 3.05) is 5.32 Å². The van der Waals surface area contributed by atoms with E-state index >= 15 is 0 Å². The van der Waals surface area contributed by atoms with Gasteiger partial charge in [-0.05, 0) is 60.9 Å². The highest BCUT2D eigenvalue weighted by Crippen LogP contribution is 2.38. The van der Waals surface area contributed by atoms with Crippen molar-refractivity contribution < 1.29 is 0 Å². The van der Waals surface area contributed by atoms with Crippen LogP contribution in [-0.2, 0) is 0 Å². The number of fused-ring (bicyclic) bond motifs is 4. The van der Waals surface area contributed by atoms with Crippen LogP contribution in [0.5, 0.6) is 0 Å². The summed E-state index contributed by atoms with van der Waals surface area (Å²) in [5.74, 6) is 0. The van der Waals surface area contributed by atoms with Crippen LogP contribution in [0.2, 0.25) is 5.02 Å².